The van der Waals surface area contributed by atoms with Crippen molar-refractivity contribution < 1.29 is 9.90 Å². The van der Waals surface area contributed by atoms with Crippen LogP contribution < -0.4 is 0 Å². The minimum absolute atomic E-state index is 0.533. The van der Waals surface area contributed by atoms with Crippen molar-refractivity contribution in [3.05, 3.63) is 52.8 Å². The molecule has 0 unspecified atom stereocenters. The first-order chi connectivity index (χ1) is 10.6. The average Bonchev–Trinajstić information content (AvgIpc) is 3.22. The molecule has 0 bridgehead atoms. The molecule has 1 atom stereocenters. The number of H-pyrrole nitrogens is 1. The van der Waals surface area contributed by atoms with Crippen molar-refractivity contribution in [2.45, 2.75) is 38.3 Å². The van der Waals surface area contributed by atoms with E-state index in [1.165, 1.54) is 12.8 Å². The average molecular weight is 299 g/mol. The molecule has 1 saturated carbocycles. The lowest BCUT2D eigenvalue weighted by molar-refractivity contribution is -0.143. The maximum Gasteiger partial charge on any atom is 0.325 e. The van der Waals surface area contributed by atoms with Gasteiger partial charge in [0, 0.05) is 18.2 Å². The van der Waals surface area contributed by atoms with Gasteiger partial charge in [-0.15, -0.1) is 0 Å². The Balaban J connectivity index is 1.78. The number of likely N-dealkylation sites (N-methyl/N-ethyl adjacent to an activating group) is 1. The minimum Gasteiger partial charge on any atom is -0.480 e. The molecular weight excluding hydrogens is 278 g/mol. The van der Waals surface area contributed by atoms with Crippen LogP contribution in [-0.4, -0.2) is 33.2 Å². The zero-order chi connectivity index (χ0) is 15.7. The van der Waals surface area contributed by atoms with Crippen LogP contribution in [0.2, 0.25) is 0 Å². The summed E-state index contributed by atoms with van der Waals surface area (Å²) in [5.74, 6) is -0.235. The number of nitrogens with one attached hydrogen (secondary N) is 1. The van der Waals surface area contributed by atoms with Crippen LogP contribution in [-0.2, 0) is 11.3 Å². The van der Waals surface area contributed by atoms with Crippen molar-refractivity contribution in [2.24, 2.45) is 0 Å². The predicted molar refractivity (Wildman–Crippen MR) is 83.6 cm³/mol. The van der Waals surface area contributed by atoms with Crippen molar-refractivity contribution in [2.75, 3.05) is 7.05 Å². The molecule has 5 nitrogen and oxygen atoms in total. The lowest BCUT2D eigenvalue weighted by Gasteiger charge is -2.25. The summed E-state index contributed by atoms with van der Waals surface area (Å²) >= 11 is 0. The highest BCUT2D eigenvalue weighted by Gasteiger charge is 2.28. The molecule has 1 heterocycles. The zero-order valence-electron chi connectivity index (χ0n) is 12.9. The van der Waals surface area contributed by atoms with E-state index in [0.29, 0.717) is 12.5 Å². The number of hydrogen-bond donors (Lipinski definition) is 2. The normalized spacial score (nSPS) is 16.0. The van der Waals surface area contributed by atoms with Gasteiger partial charge in [0.1, 0.15) is 6.04 Å². The molecule has 1 fully saturated rings. The number of carboxylic acid groups (broad SMARTS) is 1. The molecule has 0 saturated heterocycles. The van der Waals surface area contributed by atoms with Gasteiger partial charge in [-0.1, -0.05) is 24.3 Å². The maximum absolute atomic E-state index is 11.7. The van der Waals surface area contributed by atoms with Crippen LogP contribution in [0.5, 0.6) is 0 Å². The van der Waals surface area contributed by atoms with Crippen molar-refractivity contribution >= 4 is 5.97 Å². The van der Waals surface area contributed by atoms with E-state index in [4.69, 9.17) is 0 Å². The highest BCUT2D eigenvalue weighted by Crippen LogP contribution is 2.39. The molecule has 1 aromatic carbocycles. The molecule has 2 aromatic rings. The van der Waals surface area contributed by atoms with E-state index in [1.54, 1.807) is 0 Å². The topological polar surface area (TPSA) is 69.2 Å². The first-order valence-corrected chi connectivity index (χ1v) is 7.59. The van der Waals surface area contributed by atoms with E-state index in [9.17, 15) is 9.90 Å². The molecule has 22 heavy (non-hydrogen) atoms. The number of hydrogen-bond acceptors (Lipinski definition) is 3. The van der Waals surface area contributed by atoms with Crippen molar-refractivity contribution in [1.29, 1.82) is 0 Å². The summed E-state index contributed by atoms with van der Waals surface area (Å²) in [7, 11) is 1.84. The summed E-state index contributed by atoms with van der Waals surface area (Å²) < 4.78 is 0. The fourth-order valence-electron chi connectivity index (χ4n) is 2.86. The van der Waals surface area contributed by atoms with Crippen LogP contribution in [0.25, 0.3) is 0 Å². The Morgan fingerprint density at radius 1 is 1.45 bits per heavy atom. The van der Waals surface area contributed by atoms with Crippen LogP contribution in [0.4, 0.5) is 0 Å². The van der Waals surface area contributed by atoms with Crippen LogP contribution in [0, 0.1) is 6.92 Å². The lowest BCUT2D eigenvalue weighted by atomic mass is 10.00. The third-order valence-electron chi connectivity index (χ3n) is 4.22. The van der Waals surface area contributed by atoms with Gasteiger partial charge in [-0.2, -0.15) is 5.10 Å². The minimum atomic E-state index is -0.835. The van der Waals surface area contributed by atoms with E-state index < -0.39 is 12.0 Å². The quantitative estimate of drug-likeness (QED) is 0.860. The number of aryl methyl sites for hydroxylation is 1. The predicted octanol–water partition coefficient (Wildman–Crippen LogP) is 2.85. The first kappa shape index (κ1) is 14.8. The number of carbonyl (C=O) groups is 1. The van der Waals surface area contributed by atoms with E-state index in [0.717, 1.165) is 22.5 Å². The van der Waals surface area contributed by atoms with Gasteiger partial charge in [-0.3, -0.25) is 14.8 Å². The number of aromatic nitrogens is 2. The Labute approximate surface area is 130 Å². The second-order valence-electron chi connectivity index (χ2n) is 6.10. The smallest absolute Gasteiger partial charge is 0.325 e. The largest absolute Gasteiger partial charge is 0.480 e. The fourth-order valence-corrected chi connectivity index (χ4v) is 2.86. The van der Waals surface area contributed by atoms with Crippen molar-refractivity contribution in [1.82, 2.24) is 15.1 Å². The SMILES string of the molecule is Cc1ccccc1[C@@H](C(=O)O)N(C)Cc1cc(C2CC2)n[nH]1. The second-order valence-corrected chi connectivity index (χ2v) is 6.10. The van der Waals surface area contributed by atoms with Crippen LogP contribution in [0.15, 0.2) is 30.3 Å². The highest BCUT2D eigenvalue weighted by atomic mass is 16.4. The third kappa shape index (κ3) is 3.04. The third-order valence-corrected chi connectivity index (χ3v) is 4.22. The van der Waals surface area contributed by atoms with E-state index in [2.05, 4.69) is 16.3 Å². The van der Waals surface area contributed by atoms with E-state index >= 15 is 0 Å². The molecule has 0 spiro atoms. The maximum atomic E-state index is 11.7. The van der Waals surface area contributed by atoms with Gasteiger partial charge < -0.3 is 5.11 Å². The van der Waals surface area contributed by atoms with Gasteiger partial charge in [-0.05, 0) is 44.0 Å². The van der Waals surface area contributed by atoms with Gasteiger partial charge in [0.15, 0.2) is 0 Å². The number of aromatic amines is 1. The number of nitrogens with zero attached hydrogens (tertiary/aromatic N) is 2. The van der Waals surface area contributed by atoms with Gasteiger partial charge in [0.05, 0.1) is 5.69 Å². The van der Waals surface area contributed by atoms with Gasteiger partial charge in [0.2, 0.25) is 0 Å². The van der Waals surface area contributed by atoms with Crippen LogP contribution in [0.1, 0.15) is 47.3 Å². The fraction of sp³-hybridized carbons (Fsp3) is 0.412. The molecule has 116 valence electrons. The monoisotopic (exact) mass is 299 g/mol. The second kappa shape index (κ2) is 5.93. The molecule has 0 aliphatic heterocycles. The Morgan fingerprint density at radius 2 is 2.18 bits per heavy atom. The lowest BCUT2D eigenvalue weighted by Crippen LogP contribution is -2.31. The highest BCUT2D eigenvalue weighted by molar-refractivity contribution is 5.76. The molecule has 1 aliphatic rings. The summed E-state index contributed by atoms with van der Waals surface area (Å²) in [6.07, 6.45) is 2.42. The summed E-state index contributed by atoms with van der Waals surface area (Å²) in [5, 5.41) is 17.0. The number of rotatable bonds is 6. The zero-order valence-corrected chi connectivity index (χ0v) is 12.9. The Morgan fingerprint density at radius 3 is 2.82 bits per heavy atom. The molecule has 1 aromatic heterocycles. The Kier molecular flexibility index (Phi) is 3.98. The standard InChI is InChI=1S/C17H21N3O2/c1-11-5-3-4-6-14(11)16(17(21)22)20(2)10-13-9-15(19-18-13)12-7-8-12/h3-6,9,12,16H,7-8,10H2,1-2H3,(H,18,19)(H,21,22)/t16-/m0/s1. The summed E-state index contributed by atoms with van der Waals surface area (Å²) in [4.78, 5) is 13.6. The molecule has 5 heteroatoms. The Hall–Kier alpha value is -2.14. The van der Waals surface area contributed by atoms with Crippen molar-refractivity contribution in [3.8, 4) is 0 Å². The van der Waals surface area contributed by atoms with Gasteiger partial charge >= 0.3 is 5.97 Å². The van der Waals surface area contributed by atoms with Crippen LogP contribution in [0.3, 0.4) is 0 Å². The Bertz CT molecular complexity index is 676. The number of benzene rings is 1. The van der Waals surface area contributed by atoms with Crippen molar-refractivity contribution in [3.63, 3.8) is 0 Å². The summed E-state index contributed by atoms with van der Waals surface area (Å²) in [6.45, 7) is 2.48. The first-order valence-electron chi connectivity index (χ1n) is 7.59. The summed E-state index contributed by atoms with van der Waals surface area (Å²) in [5.41, 5.74) is 3.89. The molecule has 0 amide bonds. The van der Waals surface area contributed by atoms with Crippen LogP contribution >= 0.6 is 0 Å². The van der Waals surface area contributed by atoms with E-state index in [1.807, 2.05) is 43.1 Å². The molecular formula is C17H21N3O2. The summed E-state index contributed by atoms with van der Waals surface area (Å²) in [6, 6.07) is 9.04. The number of carboxylic acids is 1. The molecule has 3 rings (SSSR count). The van der Waals surface area contributed by atoms with Gasteiger partial charge in [0.25, 0.3) is 0 Å². The van der Waals surface area contributed by atoms with E-state index in [-0.39, 0.29) is 0 Å². The number of aliphatic carboxylic acids is 1. The molecule has 0 radical (unpaired) electrons. The molecule has 2 N–H and O–H groups in total. The van der Waals surface area contributed by atoms with Gasteiger partial charge in [-0.25, -0.2) is 0 Å². The molecule has 1 aliphatic carbocycles.